The molecule has 3 rings (SSSR count). The van der Waals surface area contributed by atoms with Gasteiger partial charge in [-0.1, -0.05) is 6.92 Å². The number of pyridine rings is 1. The largest absolute Gasteiger partial charge is 0.360 e. The zero-order valence-electron chi connectivity index (χ0n) is 11.0. The van der Waals surface area contributed by atoms with E-state index in [0.29, 0.717) is 10.6 Å². The van der Waals surface area contributed by atoms with Crippen LogP contribution in [0.5, 0.6) is 0 Å². The summed E-state index contributed by atoms with van der Waals surface area (Å²) in [6, 6.07) is 1.73. The second kappa shape index (κ2) is 5.15. The number of rotatable bonds is 4. The number of ketones is 1. The molecule has 1 unspecified atom stereocenters. The van der Waals surface area contributed by atoms with Crippen molar-refractivity contribution in [1.29, 1.82) is 0 Å². The van der Waals surface area contributed by atoms with Crippen LogP contribution in [0.1, 0.15) is 40.4 Å². The van der Waals surface area contributed by atoms with Gasteiger partial charge in [0.1, 0.15) is 0 Å². The van der Waals surface area contributed by atoms with E-state index in [1.54, 1.807) is 18.6 Å². The lowest BCUT2D eigenvalue weighted by Crippen LogP contribution is -2.09. The Morgan fingerprint density at radius 1 is 1.55 bits per heavy atom. The number of H-pyrrole nitrogens is 1. The van der Waals surface area contributed by atoms with E-state index in [1.165, 1.54) is 11.3 Å². The van der Waals surface area contributed by atoms with Gasteiger partial charge in [-0.05, 0) is 12.5 Å². The summed E-state index contributed by atoms with van der Waals surface area (Å²) in [6.45, 7) is 2.00. The fraction of sp³-hybridized carbons (Fsp3) is 0.214. The predicted octanol–water partition coefficient (Wildman–Crippen LogP) is 2.66. The lowest BCUT2D eigenvalue weighted by Gasteiger charge is -2.02. The van der Waals surface area contributed by atoms with Crippen LogP contribution in [0.3, 0.4) is 0 Å². The first-order chi connectivity index (χ1) is 9.70. The first-order valence-electron chi connectivity index (χ1n) is 6.37. The molecule has 0 saturated heterocycles. The minimum atomic E-state index is -0.113. The highest BCUT2D eigenvalue weighted by molar-refractivity contribution is 7.12. The van der Waals surface area contributed by atoms with E-state index in [0.717, 1.165) is 23.0 Å². The number of nitrogens with one attached hydrogen (secondary N) is 1. The van der Waals surface area contributed by atoms with Gasteiger partial charge in [0.25, 0.3) is 0 Å². The van der Waals surface area contributed by atoms with Crippen LogP contribution in [-0.4, -0.2) is 20.7 Å². The number of carbonyl (C=O) groups excluding carboxylic acids is 1. The zero-order valence-corrected chi connectivity index (χ0v) is 11.8. The first-order valence-corrected chi connectivity index (χ1v) is 7.25. The van der Waals surface area contributed by atoms with Crippen molar-refractivity contribution in [2.75, 3.05) is 0 Å². The van der Waals surface area contributed by atoms with Crippen LogP contribution in [0.25, 0.3) is 10.9 Å². The van der Waals surface area contributed by atoms with Crippen molar-refractivity contribution in [1.82, 2.24) is 15.0 Å². The number of hydrogen-bond donors (Lipinski definition) is 2. The normalized spacial score (nSPS) is 12.7. The monoisotopic (exact) mass is 286 g/mol. The molecule has 102 valence electrons. The van der Waals surface area contributed by atoms with Gasteiger partial charge in [0, 0.05) is 40.9 Å². The van der Waals surface area contributed by atoms with Crippen LogP contribution >= 0.6 is 11.3 Å². The van der Waals surface area contributed by atoms with Gasteiger partial charge in [0.2, 0.25) is 5.78 Å². The molecule has 0 aliphatic rings. The van der Waals surface area contributed by atoms with Crippen LogP contribution in [0.2, 0.25) is 0 Å². The molecule has 20 heavy (non-hydrogen) atoms. The molecule has 0 aliphatic heterocycles. The van der Waals surface area contributed by atoms with E-state index in [2.05, 4.69) is 15.0 Å². The molecule has 0 bridgehead atoms. The molecule has 0 fully saturated rings. The fourth-order valence-corrected chi connectivity index (χ4v) is 2.87. The molecule has 1 atom stereocenters. The van der Waals surface area contributed by atoms with Crippen molar-refractivity contribution in [3.63, 3.8) is 0 Å². The van der Waals surface area contributed by atoms with Crippen LogP contribution in [-0.2, 0) is 0 Å². The van der Waals surface area contributed by atoms with Crippen molar-refractivity contribution in [2.24, 2.45) is 5.73 Å². The number of nitrogens with two attached hydrogens (primary N) is 1. The maximum Gasteiger partial charge on any atom is 0.223 e. The Balaban J connectivity index is 1.98. The van der Waals surface area contributed by atoms with Gasteiger partial charge in [0.15, 0.2) is 5.01 Å². The lowest BCUT2D eigenvalue weighted by atomic mass is 10.1. The average Bonchev–Trinajstić information content (AvgIpc) is 3.12. The SMILES string of the molecule is CCC(N)c1csc(C(=O)c2c[nH]c3ccncc23)n1. The summed E-state index contributed by atoms with van der Waals surface area (Å²) in [4.78, 5) is 24.0. The van der Waals surface area contributed by atoms with Crippen LogP contribution in [0.15, 0.2) is 30.0 Å². The van der Waals surface area contributed by atoms with Crippen LogP contribution < -0.4 is 5.73 Å². The summed E-state index contributed by atoms with van der Waals surface area (Å²) >= 11 is 1.33. The minimum Gasteiger partial charge on any atom is -0.360 e. The highest BCUT2D eigenvalue weighted by atomic mass is 32.1. The van der Waals surface area contributed by atoms with Gasteiger partial charge in [-0.2, -0.15) is 0 Å². The summed E-state index contributed by atoms with van der Waals surface area (Å²) in [5.41, 5.74) is 8.20. The molecule has 0 aromatic carbocycles. The quantitative estimate of drug-likeness (QED) is 0.722. The Morgan fingerprint density at radius 3 is 3.20 bits per heavy atom. The fourth-order valence-electron chi connectivity index (χ4n) is 2.04. The average molecular weight is 286 g/mol. The van der Waals surface area contributed by atoms with E-state index in [-0.39, 0.29) is 11.8 Å². The van der Waals surface area contributed by atoms with E-state index < -0.39 is 0 Å². The van der Waals surface area contributed by atoms with Crippen LogP contribution in [0.4, 0.5) is 0 Å². The van der Waals surface area contributed by atoms with Crippen molar-refractivity contribution in [2.45, 2.75) is 19.4 Å². The molecular formula is C14H14N4OS. The van der Waals surface area contributed by atoms with Crippen molar-refractivity contribution in [3.8, 4) is 0 Å². The standard InChI is InChI=1S/C14H14N4OS/c1-2-10(15)12-7-20-14(18-12)13(19)9-6-17-11-3-4-16-5-8(9)11/h3-7,10,17H,2,15H2,1H3. The smallest absolute Gasteiger partial charge is 0.223 e. The molecule has 3 aromatic rings. The molecule has 6 heteroatoms. The molecular weight excluding hydrogens is 272 g/mol. The van der Waals surface area contributed by atoms with Gasteiger partial charge < -0.3 is 10.7 Å². The van der Waals surface area contributed by atoms with E-state index in [9.17, 15) is 4.79 Å². The molecule has 3 aromatic heterocycles. The minimum absolute atomic E-state index is 0.0937. The summed E-state index contributed by atoms with van der Waals surface area (Å²) in [5.74, 6) is -0.0937. The number of nitrogens with zero attached hydrogens (tertiary/aromatic N) is 2. The van der Waals surface area contributed by atoms with Crippen molar-refractivity contribution >= 4 is 28.0 Å². The van der Waals surface area contributed by atoms with Gasteiger partial charge in [-0.25, -0.2) is 4.98 Å². The Labute approximate surface area is 119 Å². The lowest BCUT2D eigenvalue weighted by molar-refractivity contribution is 0.103. The topological polar surface area (TPSA) is 84.7 Å². The molecule has 0 saturated carbocycles. The number of aromatic nitrogens is 3. The number of carbonyl (C=O) groups is 1. The molecule has 0 spiro atoms. The Morgan fingerprint density at radius 2 is 2.40 bits per heavy atom. The van der Waals surface area contributed by atoms with E-state index >= 15 is 0 Å². The third-order valence-electron chi connectivity index (χ3n) is 3.26. The molecule has 3 N–H and O–H groups in total. The Hall–Kier alpha value is -2.05. The van der Waals surface area contributed by atoms with Gasteiger partial charge >= 0.3 is 0 Å². The van der Waals surface area contributed by atoms with E-state index in [4.69, 9.17) is 5.73 Å². The highest BCUT2D eigenvalue weighted by Crippen LogP contribution is 2.23. The number of aromatic amines is 1. The zero-order chi connectivity index (χ0) is 14.1. The van der Waals surface area contributed by atoms with Crippen LogP contribution in [0, 0.1) is 0 Å². The number of fused-ring (bicyclic) bond motifs is 1. The number of thiazole rings is 1. The molecule has 0 amide bonds. The van der Waals surface area contributed by atoms with Gasteiger partial charge in [-0.3, -0.25) is 9.78 Å². The third-order valence-corrected chi connectivity index (χ3v) is 4.12. The van der Waals surface area contributed by atoms with Gasteiger partial charge in [-0.15, -0.1) is 11.3 Å². The maximum atomic E-state index is 12.5. The summed E-state index contributed by atoms with van der Waals surface area (Å²) in [7, 11) is 0. The van der Waals surface area contributed by atoms with Gasteiger partial charge in [0.05, 0.1) is 11.3 Å². The Kier molecular flexibility index (Phi) is 3.33. The summed E-state index contributed by atoms with van der Waals surface area (Å²) < 4.78 is 0. The summed E-state index contributed by atoms with van der Waals surface area (Å²) in [6.07, 6.45) is 5.88. The molecule has 5 nitrogen and oxygen atoms in total. The molecule has 0 radical (unpaired) electrons. The first kappa shape index (κ1) is 13.0. The van der Waals surface area contributed by atoms with Crippen molar-refractivity contribution in [3.05, 3.63) is 46.3 Å². The summed E-state index contributed by atoms with van der Waals surface area (Å²) in [5, 5.41) is 3.14. The number of hydrogen-bond acceptors (Lipinski definition) is 5. The second-order valence-corrected chi connectivity index (χ2v) is 5.40. The molecule has 3 heterocycles. The second-order valence-electron chi connectivity index (χ2n) is 4.54. The Bertz CT molecular complexity index is 761. The predicted molar refractivity (Wildman–Crippen MR) is 78.9 cm³/mol. The molecule has 0 aliphatic carbocycles. The highest BCUT2D eigenvalue weighted by Gasteiger charge is 2.19. The van der Waals surface area contributed by atoms with Crippen molar-refractivity contribution < 1.29 is 4.79 Å². The third kappa shape index (κ3) is 2.13. The maximum absolute atomic E-state index is 12.5. The van der Waals surface area contributed by atoms with E-state index in [1.807, 2.05) is 18.4 Å².